The van der Waals surface area contributed by atoms with Gasteiger partial charge in [-0.1, -0.05) is 0 Å². The SMILES string of the molecule is CC(C)N1CC[C@H](CN2CCN(C(C)C)C[C@H]2C)C1. The average Bonchev–Trinajstić information content (AvgIpc) is 2.80. The number of piperazine rings is 1. The molecule has 2 aliphatic heterocycles. The topological polar surface area (TPSA) is 9.72 Å². The molecule has 0 unspecified atom stereocenters. The van der Waals surface area contributed by atoms with E-state index in [-0.39, 0.29) is 0 Å². The molecule has 2 aliphatic rings. The van der Waals surface area contributed by atoms with Crippen LogP contribution in [0.15, 0.2) is 0 Å². The molecule has 0 aliphatic carbocycles. The molecule has 3 nitrogen and oxygen atoms in total. The van der Waals surface area contributed by atoms with Gasteiger partial charge in [0, 0.05) is 50.8 Å². The number of rotatable bonds is 4. The molecule has 19 heavy (non-hydrogen) atoms. The zero-order valence-corrected chi connectivity index (χ0v) is 13.6. The van der Waals surface area contributed by atoms with E-state index in [1.165, 1.54) is 45.7 Å². The van der Waals surface area contributed by atoms with Crippen molar-refractivity contribution in [2.45, 2.75) is 59.2 Å². The number of nitrogens with zero attached hydrogens (tertiary/aromatic N) is 3. The van der Waals surface area contributed by atoms with Gasteiger partial charge in [-0.05, 0) is 53.5 Å². The summed E-state index contributed by atoms with van der Waals surface area (Å²) in [4.78, 5) is 7.99. The summed E-state index contributed by atoms with van der Waals surface area (Å²) in [6, 6.07) is 2.15. The van der Waals surface area contributed by atoms with Crippen molar-refractivity contribution in [3.05, 3.63) is 0 Å². The molecule has 0 saturated carbocycles. The van der Waals surface area contributed by atoms with Crippen molar-refractivity contribution >= 4 is 0 Å². The van der Waals surface area contributed by atoms with Crippen LogP contribution in [0.5, 0.6) is 0 Å². The third kappa shape index (κ3) is 3.93. The maximum Gasteiger partial charge on any atom is 0.0195 e. The van der Waals surface area contributed by atoms with Crippen LogP contribution in [-0.2, 0) is 0 Å². The van der Waals surface area contributed by atoms with Gasteiger partial charge in [0.2, 0.25) is 0 Å². The van der Waals surface area contributed by atoms with E-state index in [1.807, 2.05) is 0 Å². The highest BCUT2D eigenvalue weighted by Gasteiger charge is 2.30. The fraction of sp³-hybridized carbons (Fsp3) is 1.00. The van der Waals surface area contributed by atoms with Crippen molar-refractivity contribution in [3.8, 4) is 0 Å². The summed E-state index contributed by atoms with van der Waals surface area (Å²) in [7, 11) is 0. The summed E-state index contributed by atoms with van der Waals surface area (Å²) in [5.41, 5.74) is 0. The first kappa shape index (κ1) is 15.3. The van der Waals surface area contributed by atoms with E-state index in [0.29, 0.717) is 6.04 Å². The molecule has 0 amide bonds. The van der Waals surface area contributed by atoms with Crippen molar-refractivity contribution in [1.29, 1.82) is 0 Å². The van der Waals surface area contributed by atoms with Crippen molar-refractivity contribution in [2.24, 2.45) is 5.92 Å². The predicted octanol–water partition coefficient (Wildman–Crippen LogP) is 2.13. The van der Waals surface area contributed by atoms with Gasteiger partial charge in [0.15, 0.2) is 0 Å². The maximum absolute atomic E-state index is 2.73. The first-order chi connectivity index (χ1) is 8.97. The molecule has 2 heterocycles. The van der Waals surface area contributed by atoms with E-state index in [9.17, 15) is 0 Å². The summed E-state index contributed by atoms with van der Waals surface area (Å²) in [6.45, 7) is 19.4. The summed E-state index contributed by atoms with van der Waals surface area (Å²) in [6.07, 6.45) is 1.40. The fourth-order valence-corrected chi connectivity index (χ4v) is 3.58. The Bertz CT molecular complexity index is 277. The molecule has 0 radical (unpaired) electrons. The van der Waals surface area contributed by atoms with Gasteiger partial charge >= 0.3 is 0 Å². The standard InChI is InChI=1S/C16H33N3/c1-13(2)17-7-6-16(11-17)12-19-9-8-18(14(3)4)10-15(19)5/h13-16H,6-12H2,1-5H3/t15-,16+/m1/s1. The molecule has 2 rings (SSSR count). The quantitative estimate of drug-likeness (QED) is 0.772. The van der Waals surface area contributed by atoms with Crippen LogP contribution in [0.4, 0.5) is 0 Å². The lowest BCUT2D eigenvalue weighted by Gasteiger charge is -2.42. The Hall–Kier alpha value is -0.120. The molecule has 0 N–H and O–H groups in total. The van der Waals surface area contributed by atoms with Crippen LogP contribution < -0.4 is 0 Å². The van der Waals surface area contributed by atoms with Gasteiger partial charge in [0.1, 0.15) is 0 Å². The Kier molecular flexibility index (Phi) is 5.27. The Balaban J connectivity index is 1.78. The minimum Gasteiger partial charge on any atom is -0.301 e. The molecular formula is C16H33N3. The normalized spacial score (nSPS) is 31.7. The molecule has 0 spiro atoms. The smallest absolute Gasteiger partial charge is 0.0195 e. The zero-order chi connectivity index (χ0) is 14.0. The predicted molar refractivity (Wildman–Crippen MR) is 82.6 cm³/mol. The van der Waals surface area contributed by atoms with Gasteiger partial charge in [-0.2, -0.15) is 0 Å². The minimum absolute atomic E-state index is 0.701. The van der Waals surface area contributed by atoms with E-state index in [4.69, 9.17) is 0 Å². The summed E-state index contributed by atoms with van der Waals surface area (Å²) in [5.74, 6) is 0.899. The Labute approximate surface area is 119 Å². The number of likely N-dealkylation sites (tertiary alicyclic amines) is 1. The van der Waals surface area contributed by atoms with E-state index < -0.39 is 0 Å². The van der Waals surface area contributed by atoms with Gasteiger partial charge in [-0.15, -0.1) is 0 Å². The fourth-order valence-electron chi connectivity index (χ4n) is 3.58. The van der Waals surface area contributed by atoms with E-state index in [1.54, 1.807) is 0 Å². The lowest BCUT2D eigenvalue weighted by atomic mass is 10.1. The second-order valence-electron chi connectivity index (χ2n) is 7.18. The highest BCUT2D eigenvalue weighted by atomic mass is 15.3. The second kappa shape index (κ2) is 6.55. The minimum atomic E-state index is 0.701. The van der Waals surface area contributed by atoms with Crippen molar-refractivity contribution in [1.82, 2.24) is 14.7 Å². The molecule has 112 valence electrons. The Morgan fingerprint density at radius 3 is 2.05 bits per heavy atom. The van der Waals surface area contributed by atoms with Crippen molar-refractivity contribution < 1.29 is 0 Å². The highest BCUT2D eigenvalue weighted by molar-refractivity contribution is 4.85. The summed E-state index contributed by atoms with van der Waals surface area (Å²) < 4.78 is 0. The van der Waals surface area contributed by atoms with E-state index >= 15 is 0 Å². The maximum atomic E-state index is 2.73. The third-order valence-corrected chi connectivity index (χ3v) is 5.07. The van der Waals surface area contributed by atoms with Gasteiger partial charge in [-0.3, -0.25) is 9.80 Å². The third-order valence-electron chi connectivity index (χ3n) is 5.07. The second-order valence-corrected chi connectivity index (χ2v) is 7.18. The van der Waals surface area contributed by atoms with Gasteiger partial charge in [0.25, 0.3) is 0 Å². The van der Waals surface area contributed by atoms with Crippen LogP contribution >= 0.6 is 0 Å². The largest absolute Gasteiger partial charge is 0.301 e. The number of hydrogen-bond acceptors (Lipinski definition) is 3. The van der Waals surface area contributed by atoms with Crippen LogP contribution in [0.2, 0.25) is 0 Å². The molecule has 0 aromatic heterocycles. The molecule has 0 aromatic carbocycles. The van der Waals surface area contributed by atoms with Crippen LogP contribution in [0.25, 0.3) is 0 Å². The van der Waals surface area contributed by atoms with Crippen molar-refractivity contribution in [3.63, 3.8) is 0 Å². The van der Waals surface area contributed by atoms with Crippen LogP contribution in [-0.4, -0.2) is 72.1 Å². The van der Waals surface area contributed by atoms with Crippen LogP contribution in [0.1, 0.15) is 41.0 Å². The molecule has 2 atom stereocenters. The van der Waals surface area contributed by atoms with E-state index in [2.05, 4.69) is 49.3 Å². The highest BCUT2D eigenvalue weighted by Crippen LogP contribution is 2.22. The summed E-state index contributed by atoms with van der Waals surface area (Å²) >= 11 is 0. The summed E-state index contributed by atoms with van der Waals surface area (Å²) in [5, 5.41) is 0. The Morgan fingerprint density at radius 1 is 0.895 bits per heavy atom. The lowest BCUT2D eigenvalue weighted by Crippen LogP contribution is -2.54. The monoisotopic (exact) mass is 267 g/mol. The van der Waals surface area contributed by atoms with Gasteiger partial charge in [0.05, 0.1) is 0 Å². The molecule has 0 aromatic rings. The van der Waals surface area contributed by atoms with Crippen molar-refractivity contribution in [2.75, 3.05) is 39.3 Å². The molecule has 0 bridgehead atoms. The van der Waals surface area contributed by atoms with Crippen LogP contribution in [0.3, 0.4) is 0 Å². The Morgan fingerprint density at radius 2 is 1.53 bits per heavy atom. The first-order valence-electron chi connectivity index (χ1n) is 8.19. The van der Waals surface area contributed by atoms with Gasteiger partial charge in [-0.25, -0.2) is 0 Å². The van der Waals surface area contributed by atoms with Gasteiger partial charge < -0.3 is 4.90 Å². The number of hydrogen-bond donors (Lipinski definition) is 0. The first-order valence-corrected chi connectivity index (χ1v) is 8.19. The molecule has 3 heteroatoms. The lowest BCUT2D eigenvalue weighted by molar-refractivity contribution is 0.0543. The zero-order valence-electron chi connectivity index (χ0n) is 13.6. The molecule has 2 fully saturated rings. The molecular weight excluding hydrogens is 234 g/mol. The van der Waals surface area contributed by atoms with E-state index in [0.717, 1.165) is 18.0 Å². The molecule has 2 saturated heterocycles. The van der Waals surface area contributed by atoms with Crippen LogP contribution in [0, 0.1) is 5.92 Å². The average molecular weight is 267 g/mol.